The molecule has 0 aromatic heterocycles. The van der Waals surface area contributed by atoms with Gasteiger partial charge in [-0.3, -0.25) is 4.79 Å². The number of aryl methyl sites for hydroxylation is 1. The first-order valence-corrected chi connectivity index (χ1v) is 10.1. The van der Waals surface area contributed by atoms with E-state index in [9.17, 15) is 20.1 Å². The van der Waals surface area contributed by atoms with Crippen molar-refractivity contribution in [1.82, 2.24) is 0 Å². The molecule has 0 saturated heterocycles. The summed E-state index contributed by atoms with van der Waals surface area (Å²) in [6.07, 6.45) is 6.26. The molecular weight excluding hydrogens is 368 g/mol. The number of carbonyl (C=O) groups is 1. The van der Waals surface area contributed by atoms with Gasteiger partial charge in [0.1, 0.15) is 11.9 Å². The maximum Gasteiger partial charge on any atom is 0.306 e. The van der Waals surface area contributed by atoms with E-state index in [1.165, 1.54) is 6.08 Å². The molecule has 29 heavy (non-hydrogen) atoms. The fourth-order valence-corrected chi connectivity index (χ4v) is 2.86. The monoisotopic (exact) mass is 404 g/mol. The second-order valence-corrected chi connectivity index (χ2v) is 8.49. The number of phenols is 1. The second-order valence-electron chi connectivity index (χ2n) is 8.49. The zero-order valence-corrected chi connectivity index (χ0v) is 18.1. The number of phenolic OH excluding ortho intramolecular Hbond substituents is 1. The molecule has 1 aromatic carbocycles. The topological polar surface area (TPSA) is 87.0 Å². The molecule has 5 nitrogen and oxygen atoms in total. The van der Waals surface area contributed by atoms with Gasteiger partial charge in [-0.1, -0.05) is 29.9 Å². The van der Waals surface area contributed by atoms with Crippen LogP contribution in [-0.2, 0) is 16.0 Å². The Balaban J connectivity index is 2.53. The molecule has 2 unspecified atom stereocenters. The van der Waals surface area contributed by atoms with Crippen molar-refractivity contribution in [2.24, 2.45) is 0 Å². The van der Waals surface area contributed by atoms with Crippen LogP contribution in [-0.4, -0.2) is 38.6 Å². The first-order valence-electron chi connectivity index (χ1n) is 10.1. The van der Waals surface area contributed by atoms with Gasteiger partial charge in [0.25, 0.3) is 0 Å². The number of benzene rings is 1. The standard InChI is InChI=1S/C24H36O5/c1-6-24(5,28)17-7-8-18(2)9-15-21(23(3,4)27)29-22(26)16-12-19-10-13-20(25)14-11-19/h6,8,10-11,13-14,21,25,27-28H,1,7,9,12,15-17H2,2-5H3. The van der Waals surface area contributed by atoms with Crippen LogP contribution in [0.2, 0.25) is 0 Å². The molecule has 1 aromatic rings. The Bertz CT molecular complexity index is 680. The van der Waals surface area contributed by atoms with Crippen LogP contribution >= 0.6 is 0 Å². The highest BCUT2D eigenvalue weighted by molar-refractivity contribution is 5.70. The molecule has 5 heteroatoms. The van der Waals surface area contributed by atoms with Crippen molar-refractivity contribution in [2.45, 2.75) is 83.5 Å². The minimum absolute atomic E-state index is 0.190. The first-order chi connectivity index (χ1) is 13.4. The number of aromatic hydroxyl groups is 1. The number of esters is 1. The van der Waals surface area contributed by atoms with Gasteiger partial charge in [0.05, 0.1) is 11.2 Å². The summed E-state index contributed by atoms with van der Waals surface area (Å²) < 4.78 is 5.57. The van der Waals surface area contributed by atoms with E-state index < -0.39 is 17.3 Å². The van der Waals surface area contributed by atoms with Crippen molar-refractivity contribution in [3.8, 4) is 5.75 Å². The Morgan fingerprint density at radius 1 is 1.17 bits per heavy atom. The third-order valence-corrected chi connectivity index (χ3v) is 5.00. The van der Waals surface area contributed by atoms with E-state index in [1.54, 1.807) is 45.0 Å². The number of aliphatic hydroxyl groups is 2. The number of hydrogen-bond donors (Lipinski definition) is 3. The summed E-state index contributed by atoms with van der Waals surface area (Å²) in [5, 5.41) is 29.7. The van der Waals surface area contributed by atoms with Crippen LogP contribution in [0.15, 0.2) is 48.6 Å². The Kier molecular flexibility index (Phi) is 9.60. The lowest BCUT2D eigenvalue weighted by Gasteiger charge is -2.29. The van der Waals surface area contributed by atoms with Crippen LogP contribution in [0.5, 0.6) is 5.75 Å². The van der Waals surface area contributed by atoms with Crippen LogP contribution in [0, 0.1) is 0 Å². The normalized spacial score (nSPS) is 15.4. The van der Waals surface area contributed by atoms with E-state index in [0.29, 0.717) is 25.7 Å². The molecular formula is C24H36O5. The molecule has 0 aliphatic rings. The van der Waals surface area contributed by atoms with E-state index >= 15 is 0 Å². The number of hydrogen-bond acceptors (Lipinski definition) is 5. The Morgan fingerprint density at radius 3 is 2.34 bits per heavy atom. The Hall–Kier alpha value is -2.11. The van der Waals surface area contributed by atoms with Crippen molar-refractivity contribution < 1.29 is 24.9 Å². The number of rotatable bonds is 12. The van der Waals surface area contributed by atoms with E-state index in [-0.39, 0.29) is 18.1 Å². The maximum absolute atomic E-state index is 12.3. The fraction of sp³-hybridized carbons (Fsp3) is 0.542. The molecule has 2 atom stereocenters. The summed E-state index contributed by atoms with van der Waals surface area (Å²) in [5.41, 5.74) is 0.0495. The minimum Gasteiger partial charge on any atom is -0.508 e. The molecule has 0 saturated carbocycles. The van der Waals surface area contributed by atoms with Gasteiger partial charge in [0.2, 0.25) is 0 Å². The molecule has 0 aliphatic heterocycles. The van der Waals surface area contributed by atoms with Crippen molar-refractivity contribution in [1.29, 1.82) is 0 Å². The van der Waals surface area contributed by atoms with Gasteiger partial charge in [0, 0.05) is 6.42 Å². The van der Waals surface area contributed by atoms with E-state index in [0.717, 1.165) is 17.6 Å². The molecule has 0 spiro atoms. The molecule has 0 radical (unpaired) electrons. The Labute approximate surface area is 174 Å². The van der Waals surface area contributed by atoms with Crippen molar-refractivity contribution in [3.63, 3.8) is 0 Å². The number of allylic oxidation sites excluding steroid dienone is 2. The van der Waals surface area contributed by atoms with Crippen LogP contribution < -0.4 is 0 Å². The molecule has 3 N–H and O–H groups in total. The van der Waals surface area contributed by atoms with Gasteiger partial charge in [0.15, 0.2) is 0 Å². The SMILES string of the molecule is C=CC(C)(O)CCC=C(C)CCC(OC(=O)CCc1ccc(O)cc1)C(C)(C)O. The number of ether oxygens (including phenoxy) is 1. The zero-order chi connectivity index (χ0) is 22.1. The van der Waals surface area contributed by atoms with Gasteiger partial charge in [-0.25, -0.2) is 0 Å². The predicted octanol–water partition coefficient (Wildman–Crippen LogP) is 4.45. The van der Waals surface area contributed by atoms with Crippen molar-refractivity contribution in [2.75, 3.05) is 0 Å². The smallest absolute Gasteiger partial charge is 0.306 e. The van der Waals surface area contributed by atoms with Gasteiger partial charge >= 0.3 is 5.97 Å². The van der Waals surface area contributed by atoms with Gasteiger partial charge in [-0.05, 0) is 77.5 Å². The summed E-state index contributed by atoms with van der Waals surface area (Å²) in [7, 11) is 0. The average Bonchev–Trinajstić information content (AvgIpc) is 2.63. The summed E-state index contributed by atoms with van der Waals surface area (Å²) in [6, 6.07) is 6.72. The first kappa shape index (κ1) is 24.9. The average molecular weight is 405 g/mol. The number of carbonyl (C=O) groups excluding carboxylic acids is 1. The van der Waals surface area contributed by atoms with Gasteiger partial charge in [-0.15, -0.1) is 6.58 Å². The van der Waals surface area contributed by atoms with E-state index in [1.807, 2.05) is 6.92 Å². The lowest BCUT2D eigenvalue weighted by molar-refractivity contribution is -0.162. The zero-order valence-electron chi connectivity index (χ0n) is 18.1. The van der Waals surface area contributed by atoms with E-state index in [4.69, 9.17) is 4.74 Å². The van der Waals surface area contributed by atoms with Gasteiger partial charge in [-0.2, -0.15) is 0 Å². The molecule has 0 amide bonds. The van der Waals surface area contributed by atoms with Crippen LogP contribution in [0.1, 0.15) is 65.4 Å². The molecule has 1 rings (SSSR count). The third kappa shape index (κ3) is 10.3. The van der Waals surface area contributed by atoms with Crippen LogP contribution in [0.4, 0.5) is 0 Å². The highest BCUT2D eigenvalue weighted by atomic mass is 16.6. The molecule has 0 aliphatic carbocycles. The van der Waals surface area contributed by atoms with Crippen molar-refractivity contribution in [3.05, 3.63) is 54.1 Å². The van der Waals surface area contributed by atoms with Crippen molar-refractivity contribution >= 4 is 5.97 Å². The molecule has 0 heterocycles. The van der Waals surface area contributed by atoms with E-state index in [2.05, 4.69) is 12.7 Å². The molecule has 162 valence electrons. The minimum atomic E-state index is -1.14. The summed E-state index contributed by atoms with van der Waals surface area (Å²) >= 11 is 0. The van der Waals surface area contributed by atoms with Crippen LogP contribution in [0.3, 0.4) is 0 Å². The fourth-order valence-electron chi connectivity index (χ4n) is 2.86. The largest absolute Gasteiger partial charge is 0.508 e. The quantitative estimate of drug-likeness (QED) is 0.354. The molecule has 0 bridgehead atoms. The summed E-state index contributed by atoms with van der Waals surface area (Å²) in [5.74, 6) is -0.163. The second kappa shape index (κ2) is 11.2. The highest BCUT2D eigenvalue weighted by Crippen LogP contribution is 2.22. The lowest BCUT2D eigenvalue weighted by Crippen LogP contribution is -2.39. The lowest BCUT2D eigenvalue weighted by atomic mass is 9.94. The third-order valence-electron chi connectivity index (χ3n) is 5.00. The molecule has 0 fully saturated rings. The summed E-state index contributed by atoms with van der Waals surface area (Å²) in [4.78, 5) is 12.3. The van der Waals surface area contributed by atoms with Gasteiger partial charge < -0.3 is 20.1 Å². The Morgan fingerprint density at radius 2 is 1.79 bits per heavy atom. The maximum atomic E-state index is 12.3. The van der Waals surface area contributed by atoms with Crippen LogP contribution in [0.25, 0.3) is 0 Å². The highest BCUT2D eigenvalue weighted by Gasteiger charge is 2.30. The summed E-state index contributed by atoms with van der Waals surface area (Å²) in [6.45, 7) is 10.6. The predicted molar refractivity (Wildman–Crippen MR) is 116 cm³/mol.